The molecule has 1 saturated heterocycles. The van der Waals surface area contributed by atoms with Gasteiger partial charge in [0.25, 0.3) is 5.91 Å². The third kappa shape index (κ3) is 3.51. The van der Waals surface area contributed by atoms with Gasteiger partial charge >= 0.3 is 0 Å². The van der Waals surface area contributed by atoms with Gasteiger partial charge in [0.15, 0.2) is 0 Å². The zero-order valence-corrected chi connectivity index (χ0v) is 13.9. The van der Waals surface area contributed by atoms with Gasteiger partial charge in [0, 0.05) is 30.0 Å². The number of carbonyl (C=O) groups is 1. The van der Waals surface area contributed by atoms with E-state index in [0.29, 0.717) is 5.57 Å². The van der Waals surface area contributed by atoms with E-state index in [1.807, 2.05) is 54.6 Å². The molecule has 128 valence electrons. The first-order valence-corrected chi connectivity index (χ1v) is 8.46. The fourth-order valence-electron chi connectivity index (χ4n) is 3.04. The number of amides is 1. The van der Waals surface area contributed by atoms with Crippen molar-refractivity contribution in [1.29, 1.82) is 0 Å². The molecule has 0 radical (unpaired) electrons. The van der Waals surface area contributed by atoms with Crippen LogP contribution in [0.3, 0.4) is 0 Å². The lowest BCUT2D eigenvalue weighted by Gasteiger charge is -2.28. The van der Waals surface area contributed by atoms with Gasteiger partial charge in [-0.1, -0.05) is 18.2 Å². The summed E-state index contributed by atoms with van der Waals surface area (Å²) in [5.41, 5.74) is 3.48. The highest BCUT2D eigenvalue weighted by Crippen LogP contribution is 2.26. The van der Waals surface area contributed by atoms with Crippen molar-refractivity contribution in [3.8, 4) is 5.75 Å². The van der Waals surface area contributed by atoms with Crippen molar-refractivity contribution in [2.45, 2.75) is 0 Å². The van der Waals surface area contributed by atoms with E-state index >= 15 is 0 Å². The summed E-state index contributed by atoms with van der Waals surface area (Å²) in [6, 6.07) is 15.6. The molecule has 0 spiro atoms. The van der Waals surface area contributed by atoms with Crippen molar-refractivity contribution in [3.05, 3.63) is 59.7 Å². The Kier molecular flexibility index (Phi) is 4.39. The van der Waals surface area contributed by atoms with Gasteiger partial charge in [-0.3, -0.25) is 4.79 Å². The van der Waals surface area contributed by atoms with E-state index in [2.05, 4.69) is 10.2 Å². The highest BCUT2D eigenvalue weighted by atomic mass is 16.5. The van der Waals surface area contributed by atoms with E-state index in [-0.39, 0.29) is 12.5 Å². The Morgan fingerprint density at radius 2 is 1.76 bits per heavy atom. The van der Waals surface area contributed by atoms with Crippen molar-refractivity contribution in [2.75, 3.05) is 43.1 Å². The second kappa shape index (κ2) is 6.99. The summed E-state index contributed by atoms with van der Waals surface area (Å²) in [5.74, 6) is 0.683. The lowest BCUT2D eigenvalue weighted by Crippen LogP contribution is -2.36. The van der Waals surface area contributed by atoms with Crippen LogP contribution in [0, 0.1) is 0 Å². The average molecular weight is 336 g/mol. The van der Waals surface area contributed by atoms with Crippen molar-refractivity contribution in [1.82, 2.24) is 0 Å². The molecule has 0 saturated carbocycles. The molecule has 0 aromatic heterocycles. The molecule has 1 N–H and O–H groups in total. The molecule has 2 aliphatic heterocycles. The Labute approximate surface area is 146 Å². The molecule has 2 aromatic rings. The fourth-order valence-corrected chi connectivity index (χ4v) is 3.04. The highest BCUT2D eigenvalue weighted by molar-refractivity contribution is 6.07. The maximum atomic E-state index is 12.5. The van der Waals surface area contributed by atoms with Gasteiger partial charge in [0.2, 0.25) is 0 Å². The monoisotopic (exact) mass is 336 g/mol. The molecule has 1 amide bonds. The molecular weight excluding hydrogens is 316 g/mol. The van der Waals surface area contributed by atoms with Gasteiger partial charge in [-0.25, -0.2) is 0 Å². The topological polar surface area (TPSA) is 50.8 Å². The SMILES string of the molecule is O=C(Nc1ccc(N2CCOCC2)cc1)C1=Cc2ccccc2OC1. The zero-order chi connectivity index (χ0) is 17.1. The quantitative estimate of drug-likeness (QED) is 0.936. The molecule has 1 fully saturated rings. The van der Waals surface area contributed by atoms with Gasteiger partial charge in [-0.15, -0.1) is 0 Å². The number of carbonyl (C=O) groups excluding carboxylic acids is 1. The maximum Gasteiger partial charge on any atom is 0.255 e. The summed E-state index contributed by atoms with van der Waals surface area (Å²) in [6.45, 7) is 3.60. The smallest absolute Gasteiger partial charge is 0.255 e. The van der Waals surface area contributed by atoms with Crippen LogP contribution in [0.5, 0.6) is 5.75 Å². The van der Waals surface area contributed by atoms with Crippen LogP contribution in [-0.4, -0.2) is 38.8 Å². The Bertz CT molecular complexity index is 793. The number of anilines is 2. The molecular formula is C20H20N2O3. The lowest BCUT2D eigenvalue weighted by molar-refractivity contribution is -0.113. The summed E-state index contributed by atoms with van der Waals surface area (Å²) in [6.07, 6.45) is 1.89. The zero-order valence-electron chi connectivity index (χ0n) is 13.9. The second-order valence-electron chi connectivity index (χ2n) is 6.10. The van der Waals surface area contributed by atoms with Crippen molar-refractivity contribution < 1.29 is 14.3 Å². The maximum absolute atomic E-state index is 12.5. The Hall–Kier alpha value is -2.79. The average Bonchev–Trinajstić information content (AvgIpc) is 2.69. The molecule has 4 rings (SSSR count). The number of benzene rings is 2. The van der Waals surface area contributed by atoms with Crippen molar-refractivity contribution >= 4 is 23.4 Å². The number of hydrogen-bond acceptors (Lipinski definition) is 4. The summed E-state index contributed by atoms with van der Waals surface area (Å²) in [5, 5.41) is 2.94. The van der Waals surface area contributed by atoms with E-state index < -0.39 is 0 Å². The van der Waals surface area contributed by atoms with Gasteiger partial charge < -0.3 is 19.7 Å². The van der Waals surface area contributed by atoms with Crippen LogP contribution in [0.2, 0.25) is 0 Å². The molecule has 2 heterocycles. The van der Waals surface area contributed by atoms with E-state index in [1.54, 1.807) is 0 Å². The second-order valence-corrected chi connectivity index (χ2v) is 6.10. The van der Waals surface area contributed by atoms with E-state index in [4.69, 9.17) is 9.47 Å². The molecule has 2 aromatic carbocycles. The third-order valence-electron chi connectivity index (χ3n) is 4.42. The van der Waals surface area contributed by atoms with E-state index in [9.17, 15) is 4.79 Å². The van der Waals surface area contributed by atoms with Crippen LogP contribution in [0.15, 0.2) is 54.1 Å². The normalized spacial score (nSPS) is 16.5. The molecule has 2 aliphatic rings. The Balaban J connectivity index is 1.43. The molecule has 0 unspecified atom stereocenters. The number of nitrogens with one attached hydrogen (secondary N) is 1. The molecule has 5 nitrogen and oxygen atoms in total. The first-order chi connectivity index (χ1) is 12.3. The van der Waals surface area contributed by atoms with Gasteiger partial charge in [-0.05, 0) is 36.4 Å². The predicted molar refractivity (Wildman–Crippen MR) is 98.0 cm³/mol. The highest BCUT2D eigenvalue weighted by Gasteiger charge is 2.17. The molecule has 0 aliphatic carbocycles. The number of nitrogens with zero attached hydrogens (tertiary/aromatic N) is 1. The minimum atomic E-state index is -0.131. The third-order valence-corrected chi connectivity index (χ3v) is 4.42. The summed E-state index contributed by atoms with van der Waals surface area (Å²) in [4.78, 5) is 14.8. The Morgan fingerprint density at radius 1 is 1.00 bits per heavy atom. The number of ether oxygens (including phenoxy) is 2. The van der Waals surface area contributed by atoms with Gasteiger partial charge in [0.05, 0.1) is 18.8 Å². The first-order valence-electron chi connectivity index (χ1n) is 8.46. The minimum absolute atomic E-state index is 0.131. The van der Waals surface area contributed by atoms with Crippen LogP contribution < -0.4 is 15.0 Å². The standard InChI is InChI=1S/C20H20N2O3/c23-20(16-13-15-3-1-2-4-19(15)25-14-16)21-17-5-7-18(8-6-17)22-9-11-24-12-10-22/h1-8,13H,9-12,14H2,(H,21,23). The van der Waals surface area contributed by atoms with E-state index in [1.165, 1.54) is 0 Å². The van der Waals surface area contributed by atoms with Crippen LogP contribution in [-0.2, 0) is 9.53 Å². The largest absolute Gasteiger partial charge is 0.488 e. The molecule has 0 bridgehead atoms. The van der Waals surface area contributed by atoms with Gasteiger partial charge in [-0.2, -0.15) is 0 Å². The summed E-state index contributed by atoms with van der Waals surface area (Å²) < 4.78 is 11.0. The summed E-state index contributed by atoms with van der Waals surface area (Å²) >= 11 is 0. The van der Waals surface area contributed by atoms with Gasteiger partial charge in [0.1, 0.15) is 12.4 Å². The minimum Gasteiger partial charge on any atom is -0.488 e. The van der Waals surface area contributed by atoms with Crippen LogP contribution >= 0.6 is 0 Å². The van der Waals surface area contributed by atoms with Crippen molar-refractivity contribution in [2.24, 2.45) is 0 Å². The van der Waals surface area contributed by atoms with E-state index in [0.717, 1.165) is 49.0 Å². The number of hydrogen-bond donors (Lipinski definition) is 1. The van der Waals surface area contributed by atoms with Crippen molar-refractivity contribution in [3.63, 3.8) is 0 Å². The van der Waals surface area contributed by atoms with Crippen LogP contribution in [0.1, 0.15) is 5.56 Å². The molecule has 5 heteroatoms. The number of fused-ring (bicyclic) bond motifs is 1. The molecule has 0 atom stereocenters. The lowest BCUT2D eigenvalue weighted by atomic mass is 10.1. The Morgan fingerprint density at radius 3 is 2.56 bits per heavy atom. The van der Waals surface area contributed by atoms with Crippen LogP contribution in [0.4, 0.5) is 11.4 Å². The number of rotatable bonds is 3. The summed E-state index contributed by atoms with van der Waals surface area (Å²) in [7, 11) is 0. The van der Waals surface area contributed by atoms with Crippen LogP contribution in [0.25, 0.3) is 6.08 Å². The first kappa shape index (κ1) is 15.7. The molecule has 25 heavy (non-hydrogen) atoms. The fraction of sp³-hybridized carbons (Fsp3) is 0.250. The number of morpholine rings is 1. The predicted octanol–water partition coefficient (Wildman–Crippen LogP) is 2.94. The number of para-hydroxylation sites is 1.